The Kier molecular flexibility index (Phi) is 4.87. The number of halogens is 2. The molecule has 0 aromatic heterocycles. The zero-order valence-electron chi connectivity index (χ0n) is 10.6. The molecule has 0 unspecified atom stereocenters. The molecular formula is C15H14BrFN2O. The highest BCUT2D eigenvalue weighted by Crippen LogP contribution is 2.19. The van der Waals surface area contributed by atoms with Gasteiger partial charge in [-0.25, -0.2) is 4.39 Å². The number of nitrogens with two attached hydrogens (primary N) is 1. The number of nitrogens with one attached hydrogen (secondary N) is 1. The summed E-state index contributed by atoms with van der Waals surface area (Å²) in [7, 11) is 0. The van der Waals surface area contributed by atoms with E-state index in [-0.39, 0.29) is 5.69 Å². The Balaban J connectivity index is 2.01. The van der Waals surface area contributed by atoms with Crippen LogP contribution in [0.4, 0.5) is 10.1 Å². The van der Waals surface area contributed by atoms with Crippen LogP contribution in [0.5, 0.6) is 0 Å². The third-order valence-corrected chi connectivity index (χ3v) is 3.32. The standard InChI is InChI=1S/C15H14BrFN2O/c16-11-6-7-14(12(17)9-11)19-15(20)13(18)8-10-4-2-1-3-5-10/h1-7,9,13H,8,18H2,(H,19,20)/t13-/m1/s1. The van der Waals surface area contributed by atoms with Crippen LogP contribution >= 0.6 is 15.9 Å². The number of hydrogen-bond donors (Lipinski definition) is 2. The van der Waals surface area contributed by atoms with Crippen molar-refractivity contribution in [1.29, 1.82) is 0 Å². The molecule has 20 heavy (non-hydrogen) atoms. The second-order valence-corrected chi connectivity index (χ2v) is 5.33. The fourth-order valence-corrected chi connectivity index (χ4v) is 2.11. The first-order valence-electron chi connectivity index (χ1n) is 6.11. The molecule has 0 aliphatic carbocycles. The summed E-state index contributed by atoms with van der Waals surface area (Å²) in [4.78, 5) is 11.9. The van der Waals surface area contributed by atoms with E-state index < -0.39 is 17.8 Å². The molecule has 1 amide bonds. The van der Waals surface area contributed by atoms with Gasteiger partial charge in [0.05, 0.1) is 11.7 Å². The molecule has 1 atom stereocenters. The summed E-state index contributed by atoms with van der Waals surface area (Å²) >= 11 is 3.16. The number of amides is 1. The Morgan fingerprint density at radius 3 is 2.60 bits per heavy atom. The molecule has 2 aromatic carbocycles. The smallest absolute Gasteiger partial charge is 0.241 e. The lowest BCUT2D eigenvalue weighted by atomic mass is 10.1. The minimum atomic E-state index is -0.722. The van der Waals surface area contributed by atoms with Gasteiger partial charge < -0.3 is 11.1 Å². The van der Waals surface area contributed by atoms with Crippen molar-refractivity contribution in [2.75, 3.05) is 5.32 Å². The van der Waals surface area contributed by atoms with E-state index >= 15 is 0 Å². The van der Waals surface area contributed by atoms with E-state index in [1.807, 2.05) is 30.3 Å². The average molecular weight is 337 g/mol. The molecule has 0 radical (unpaired) electrons. The highest BCUT2D eigenvalue weighted by Gasteiger charge is 2.15. The van der Waals surface area contributed by atoms with Crippen molar-refractivity contribution in [2.24, 2.45) is 5.73 Å². The summed E-state index contributed by atoms with van der Waals surface area (Å²) in [5.74, 6) is -0.908. The van der Waals surface area contributed by atoms with E-state index in [9.17, 15) is 9.18 Å². The van der Waals surface area contributed by atoms with Crippen molar-refractivity contribution in [3.8, 4) is 0 Å². The maximum atomic E-state index is 13.6. The van der Waals surface area contributed by atoms with Crippen molar-refractivity contribution >= 4 is 27.5 Å². The van der Waals surface area contributed by atoms with Crippen molar-refractivity contribution in [1.82, 2.24) is 0 Å². The number of benzene rings is 2. The summed E-state index contributed by atoms with van der Waals surface area (Å²) in [6.45, 7) is 0. The lowest BCUT2D eigenvalue weighted by molar-refractivity contribution is -0.117. The zero-order chi connectivity index (χ0) is 14.5. The van der Waals surface area contributed by atoms with Crippen LogP contribution in [0, 0.1) is 5.82 Å². The van der Waals surface area contributed by atoms with Gasteiger partial charge in [-0.2, -0.15) is 0 Å². The molecule has 2 rings (SSSR count). The Hall–Kier alpha value is -1.72. The molecule has 0 fully saturated rings. The third kappa shape index (κ3) is 3.88. The summed E-state index contributed by atoms with van der Waals surface area (Å²) in [6, 6.07) is 13.2. The van der Waals surface area contributed by atoms with Gasteiger partial charge in [0.25, 0.3) is 0 Å². The number of anilines is 1. The second-order valence-electron chi connectivity index (χ2n) is 4.41. The molecule has 0 spiro atoms. The van der Waals surface area contributed by atoms with Gasteiger partial charge in [-0.05, 0) is 30.2 Å². The first kappa shape index (κ1) is 14.7. The maximum Gasteiger partial charge on any atom is 0.241 e. The summed E-state index contributed by atoms with van der Waals surface area (Å²) in [5, 5.41) is 2.50. The van der Waals surface area contributed by atoms with Crippen molar-refractivity contribution < 1.29 is 9.18 Å². The fourth-order valence-electron chi connectivity index (χ4n) is 1.78. The first-order chi connectivity index (χ1) is 9.56. The van der Waals surface area contributed by atoms with Crippen LogP contribution in [-0.4, -0.2) is 11.9 Å². The van der Waals surface area contributed by atoms with E-state index in [1.54, 1.807) is 6.07 Å². The molecule has 0 saturated carbocycles. The SMILES string of the molecule is N[C@H](Cc1ccccc1)C(=O)Nc1ccc(Br)cc1F. The van der Waals surface area contributed by atoms with E-state index in [2.05, 4.69) is 21.2 Å². The molecule has 0 saturated heterocycles. The molecule has 3 N–H and O–H groups in total. The Labute approximate surface area is 125 Å². The molecule has 0 heterocycles. The molecule has 0 aliphatic rings. The second kappa shape index (κ2) is 6.63. The molecule has 2 aromatic rings. The summed E-state index contributed by atoms with van der Waals surface area (Å²) in [5.41, 5.74) is 6.92. The minimum Gasteiger partial charge on any atom is -0.322 e. The summed E-state index contributed by atoms with van der Waals surface area (Å²) < 4.78 is 14.2. The number of carbonyl (C=O) groups excluding carboxylic acids is 1. The van der Waals surface area contributed by atoms with Gasteiger partial charge in [-0.3, -0.25) is 4.79 Å². The molecule has 3 nitrogen and oxygen atoms in total. The first-order valence-corrected chi connectivity index (χ1v) is 6.91. The fraction of sp³-hybridized carbons (Fsp3) is 0.133. The number of rotatable bonds is 4. The van der Waals surface area contributed by atoms with Crippen LogP contribution in [0.3, 0.4) is 0 Å². The van der Waals surface area contributed by atoms with Gasteiger partial charge in [0.2, 0.25) is 5.91 Å². The number of carbonyl (C=O) groups is 1. The number of hydrogen-bond acceptors (Lipinski definition) is 2. The molecule has 5 heteroatoms. The highest BCUT2D eigenvalue weighted by atomic mass is 79.9. The van der Waals surface area contributed by atoms with Gasteiger partial charge in [0, 0.05) is 4.47 Å². The largest absolute Gasteiger partial charge is 0.322 e. The van der Waals surface area contributed by atoms with Gasteiger partial charge in [-0.15, -0.1) is 0 Å². The van der Waals surface area contributed by atoms with E-state index in [1.165, 1.54) is 12.1 Å². The van der Waals surface area contributed by atoms with Crippen LogP contribution < -0.4 is 11.1 Å². The quantitative estimate of drug-likeness (QED) is 0.901. The van der Waals surface area contributed by atoms with Gasteiger partial charge in [0.15, 0.2) is 0 Å². The predicted molar refractivity (Wildman–Crippen MR) is 80.9 cm³/mol. The minimum absolute atomic E-state index is 0.127. The third-order valence-electron chi connectivity index (χ3n) is 2.82. The molecule has 0 bridgehead atoms. The monoisotopic (exact) mass is 336 g/mol. The molecule has 0 aliphatic heterocycles. The van der Waals surface area contributed by atoms with E-state index in [0.717, 1.165) is 5.56 Å². The zero-order valence-corrected chi connectivity index (χ0v) is 12.2. The van der Waals surface area contributed by atoms with E-state index in [4.69, 9.17) is 5.73 Å². The Morgan fingerprint density at radius 2 is 1.95 bits per heavy atom. The van der Waals surface area contributed by atoms with Gasteiger partial charge in [-0.1, -0.05) is 46.3 Å². The topological polar surface area (TPSA) is 55.1 Å². The van der Waals surface area contributed by atoms with E-state index in [0.29, 0.717) is 10.9 Å². The maximum absolute atomic E-state index is 13.6. The lowest BCUT2D eigenvalue weighted by Gasteiger charge is -2.13. The van der Waals surface area contributed by atoms with Crippen LogP contribution in [0.15, 0.2) is 53.0 Å². The van der Waals surface area contributed by atoms with Crippen LogP contribution in [-0.2, 0) is 11.2 Å². The van der Waals surface area contributed by atoms with Gasteiger partial charge >= 0.3 is 0 Å². The van der Waals surface area contributed by atoms with Crippen LogP contribution in [0.2, 0.25) is 0 Å². The summed E-state index contributed by atoms with van der Waals surface area (Å²) in [6.07, 6.45) is 0.408. The van der Waals surface area contributed by atoms with Crippen molar-refractivity contribution in [3.05, 3.63) is 64.4 Å². The normalized spacial score (nSPS) is 11.9. The van der Waals surface area contributed by atoms with Crippen molar-refractivity contribution in [3.63, 3.8) is 0 Å². The van der Waals surface area contributed by atoms with Crippen molar-refractivity contribution in [2.45, 2.75) is 12.5 Å². The Bertz CT molecular complexity index is 604. The molecular weight excluding hydrogens is 323 g/mol. The van der Waals surface area contributed by atoms with Crippen LogP contribution in [0.1, 0.15) is 5.56 Å². The Morgan fingerprint density at radius 1 is 1.25 bits per heavy atom. The lowest BCUT2D eigenvalue weighted by Crippen LogP contribution is -2.37. The molecule has 104 valence electrons. The predicted octanol–water partition coefficient (Wildman–Crippen LogP) is 3.10. The highest BCUT2D eigenvalue weighted by molar-refractivity contribution is 9.10. The average Bonchev–Trinajstić information content (AvgIpc) is 2.43. The van der Waals surface area contributed by atoms with Gasteiger partial charge in [0.1, 0.15) is 5.82 Å². The van der Waals surface area contributed by atoms with Crippen LogP contribution in [0.25, 0.3) is 0 Å².